The van der Waals surface area contributed by atoms with Crippen molar-refractivity contribution in [3.8, 4) is 6.07 Å². The molecule has 0 aromatic heterocycles. The first kappa shape index (κ1) is 11.4. The molecule has 0 radical (unpaired) electrons. The lowest BCUT2D eigenvalue weighted by molar-refractivity contribution is -0.129. The number of carbonyl (C=O) groups is 1. The van der Waals surface area contributed by atoms with Gasteiger partial charge in [-0.25, -0.2) is 0 Å². The van der Waals surface area contributed by atoms with E-state index in [0.717, 1.165) is 0 Å². The van der Waals surface area contributed by atoms with Crippen molar-refractivity contribution < 1.29 is 4.79 Å². The van der Waals surface area contributed by atoms with Gasteiger partial charge in [0, 0.05) is 13.6 Å². The van der Waals surface area contributed by atoms with Crippen molar-refractivity contribution in [3.05, 3.63) is 0 Å². The summed E-state index contributed by atoms with van der Waals surface area (Å²) >= 11 is 3.18. The second-order valence-corrected chi connectivity index (χ2v) is 4.24. The molecule has 0 fully saturated rings. The molecule has 0 aromatic rings. The predicted octanol–water partition coefficient (Wildman–Crippen LogP) is 1.39. The number of nitriles is 1. The second-order valence-electron chi connectivity index (χ2n) is 2.86. The van der Waals surface area contributed by atoms with Gasteiger partial charge in [-0.2, -0.15) is 5.26 Å². The standard InChI is InChI=1S/C8H13BrN2O/c1-6(4-10)5-11(3)8(12)7(2)9/h6-7H,5H2,1-3H3. The van der Waals surface area contributed by atoms with Crippen molar-refractivity contribution in [1.29, 1.82) is 5.26 Å². The van der Waals surface area contributed by atoms with Crippen LogP contribution >= 0.6 is 15.9 Å². The number of carbonyl (C=O) groups excluding carboxylic acids is 1. The number of halogens is 1. The molecule has 0 spiro atoms. The van der Waals surface area contributed by atoms with Crippen LogP contribution in [0.3, 0.4) is 0 Å². The van der Waals surface area contributed by atoms with Crippen molar-refractivity contribution in [2.45, 2.75) is 18.7 Å². The largest absolute Gasteiger partial charge is 0.343 e. The van der Waals surface area contributed by atoms with Gasteiger partial charge in [0.25, 0.3) is 0 Å². The number of hydrogen-bond acceptors (Lipinski definition) is 2. The maximum atomic E-state index is 11.3. The minimum atomic E-state index is -0.173. The maximum Gasteiger partial charge on any atom is 0.235 e. The fraction of sp³-hybridized carbons (Fsp3) is 0.750. The van der Waals surface area contributed by atoms with E-state index in [1.165, 1.54) is 0 Å². The van der Waals surface area contributed by atoms with Crippen molar-refractivity contribution in [3.63, 3.8) is 0 Å². The Morgan fingerprint density at radius 2 is 2.17 bits per heavy atom. The van der Waals surface area contributed by atoms with Crippen LogP contribution in [0.15, 0.2) is 0 Å². The summed E-state index contributed by atoms with van der Waals surface area (Å²) in [6.07, 6.45) is 0. The molecular weight excluding hydrogens is 220 g/mol. The summed E-state index contributed by atoms with van der Waals surface area (Å²) in [7, 11) is 1.70. The molecule has 12 heavy (non-hydrogen) atoms. The van der Waals surface area contributed by atoms with Crippen LogP contribution in [0.1, 0.15) is 13.8 Å². The van der Waals surface area contributed by atoms with E-state index in [9.17, 15) is 4.79 Å². The van der Waals surface area contributed by atoms with Crippen LogP contribution in [0.4, 0.5) is 0 Å². The lowest BCUT2D eigenvalue weighted by atomic mass is 10.2. The van der Waals surface area contributed by atoms with Crippen LogP contribution in [0, 0.1) is 17.2 Å². The van der Waals surface area contributed by atoms with Crippen LogP contribution < -0.4 is 0 Å². The Labute approximate surface area is 81.5 Å². The van der Waals surface area contributed by atoms with Crippen molar-refractivity contribution >= 4 is 21.8 Å². The highest BCUT2D eigenvalue weighted by Crippen LogP contribution is 2.04. The molecule has 0 rings (SSSR count). The molecule has 0 aliphatic heterocycles. The minimum Gasteiger partial charge on any atom is -0.343 e. The fourth-order valence-corrected chi connectivity index (χ4v) is 1.19. The predicted molar refractivity (Wildman–Crippen MR) is 50.8 cm³/mol. The molecule has 0 bridgehead atoms. The zero-order valence-electron chi connectivity index (χ0n) is 7.54. The van der Waals surface area contributed by atoms with Crippen molar-refractivity contribution in [2.75, 3.05) is 13.6 Å². The van der Waals surface area contributed by atoms with Gasteiger partial charge in [-0.3, -0.25) is 4.79 Å². The third-order valence-corrected chi connectivity index (χ3v) is 1.88. The molecule has 0 heterocycles. The number of rotatable bonds is 3. The first-order valence-electron chi connectivity index (χ1n) is 3.77. The quantitative estimate of drug-likeness (QED) is 0.691. The van der Waals surface area contributed by atoms with E-state index >= 15 is 0 Å². The Bertz CT molecular complexity index is 198. The molecule has 1 amide bonds. The van der Waals surface area contributed by atoms with E-state index in [1.54, 1.807) is 25.8 Å². The molecule has 0 aliphatic rings. The fourth-order valence-electron chi connectivity index (χ4n) is 0.845. The Balaban J connectivity index is 3.97. The van der Waals surface area contributed by atoms with Gasteiger partial charge in [0.1, 0.15) is 0 Å². The van der Waals surface area contributed by atoms with Gasteiger partial charge < -0.3 is 4.90 Å². The molecule has 68 valence electrons. The summed E-state index contributed by atoms with van der Waals surface area (Å²) in [6.45, 7) is 4.06. The van der Waals surface area contributed by atoms with E-state index < -0.39 is 0 Å². The number of hydrogen-bond donors (Lipinski definition) is 0. The SMILES string of the molecule is CC(C#N)CN(C)C(=O)C(C)Br. The molecule has 0 aromatic carbocycles. The van der Waals surface area contributed by atoms with Gasteiger partial charge >= 0.3 is 0 Å². The molecule has 0 saturated carbocycles. The Morgan fingerprint density at radius 1 is 1.67 bits per heavy atom. The molecule has 0 aliphatic carbocycles. The summed E-state index contributed by atoms with van der Waals surface area (Å²) in [5.74, 6) is -0.0951. The highest BCUT2D eigenvalue weighted by atomic mass is 79.9. The van der Waals surface area contributed by atoms with E-state index in [-0.39, 0.29) is 16.7 Å². The zero-order chi connectivity index (χ0) is 9.72. The van der Waals surface area contributed by atoms with Crippen LogP contribution in [-0.4, -0.2) is 29.2 Å². The third kappa shape index (κ3) is 3.72. The van der Waals surface area contributed by atoms with E-state index in [1.807, 2.05) is 0 Å². The van der Waals surface area contributed by atoms with Gasteiger partial charge in [-0.05, 0) is 13.8 Å². The second kappa shape index (κ2) is 5.15. The van der Waals surface area contributed by atoms with Gasteiger partial charge in [-0.15, -0.1) is 0 Å². The normalized spacial score (nSPS) is 14.6. The summed E-state index contributed by atoms with van der Waals surface area (Å²) < 4.78 is 0. The van der Waals surface area contributed by atoms with Crippen LogP contribution in [-0.2, 0) is 4.79 Å². The monoisotopic (exact) mass is 232 g/mol. The molecule has 4 heteroatoms. The van der Waals surface area contributed by atoms with Crippen molar-refractivity contribution in [1.82, 2.24) is 4.90 Å². The number of amides is 1. The zero-order valence-corrected chi connectivity index (χ0v) is 9.13. The molecule has 2 atom stereocenters. The summed E-state index contributed by atoms with van der Waals surface area (Å²) in [4.78, 5) is 12.7. The van der Waals surface area contributed by atoms with E-state index in [0.29, 0.717) is 6.54 Å². The Hall–Kier alpha value is -0.560. The lowest BCUT2D eigenvalue weighted by Gasteiger charge is -2.19. The van der Waals surface area contributed by atoms with Crippen LogP contribution in [0.2, 0.25) is 0 Å². The average molecular weight is 233 g/mol. The molecule has 3 nitrogen and oxygen atoms in total. The summed E-state index contributed by atoms with van der Waals surface area (Å²) in [6, 6.07) is 2.08. The smallest absolute Gasteiger partial charge is 0.235 e. The maximum absolute atomic E-state index is 11.3. The molecule has 2 unspecified atom stereocenters. The van der Waals surface area contributed by atoms with E-state index in [4.69, 9.17) is 5.26 Å². The van der Waals surface area contributed by atoms with Crippen LogP contribution in [0.5, 0.6) is 0 Å². The van der Waals surface area contributed by atoms with Gasteiger partial charge in [0.2, 0.25) is 5.91 Å². The summed E-state index contributed by atoms with van der Waals surface area (Å²) in [5, 5.41) is 8.50. The number of nitrogens with zero attached hydrogens (tertiary/aromatic N) is 2. The topological polar surface area (TPSA) is 44.1 Å². The van der Waals surface area contributed by atoms with Gasteiger partial charge in [0.15, 0.2) is 0 Å². The first-order valence-corrected chi connectivity index (χ1v) is 4.69. The Morgan fingerprint density at radius 3 is 2.50 bits per heavy atom. The molecule has 0 N–H and O–H groups in total. The minimum absolute atomic E-state index is 0.0112. The van der Waals surface area contributed by atoms with Gasteiger partial charge in [0.05, 0.1) is 16.8 Å². The lowest BCUT2D eigenvalue weighted by Crippen LogP contribution is -2.34. The highest BCUT2D eigenvalue weighted by molar-refractivity contribution is 9.10. The third-order valence-electron chi connectivity index (χ3n) is 1.48. The van der Waals surface area contributed by atoms with Crippen LogP contribution in [0.25, 0.3) is 0 Å². The molecular formula is C8H13BrN2O. The first-order chi connectivity index (χ1) is 5.49. The van der Waals surface area contributed by atoms with E-state index in [2.05, 4.69) is 22.0 Å². The highest BCUT2D eigenvalue weighted by Gasteiger charge is 2.15. The average Bonchev–Trinajstić information content (AvgIpc) is 2.02. The van der Waals surface area contributed by atoms with Crippen molar-refractivity contribution in [2.24, 2.45) is 5.92 Å². The summed E-state index contributed by atoms with van der Waals surface area (Å²) in [5.41, 5.74) is 0. The number of alkyl halides is 1. The molecule has 0 saturated heterocycles. The Kier molecular flexibility index (Phi) is 4.91. The van der Waals surface area contributed by atoms with Gasteiger partial charge in [-0.1, -0.05) is 15.9 Å².